The van der Waals surface area contributed by atoms with Crippen LogP contribution in [0.4, 0.5) is 0 Å². The molecule has 0 bridgehead atoms. The van der Waals surface area contributed by atoms with Crippen molar-refractivity contribution in [1.82, 2.24) is 4.98 Å². The van der Waals surface area contributed by atoms with Crippen LogP contribution in [0.25, 0.3) is 21.9 Å². The molecule has 3 nitrogen and oxygen atoms in total. The van der Waals surface area contributed by atoms with Crippen molar-refractivity contribution in [1.29, 1.82) is 5.26 Å². The second-order valence-corrected chi connectivity index (χ2v) is 3.25. The molecule has 0 unspecified atom stereocenters. The van der Waals surface area contributed by atoms with Gasteiger partial charge in [0.2, 0.25) is 0 Å². The Labute approximate surface area is 85.6 Å². The molecule has 0 spiro atoms. The van der Waals surface area contributed by atoms with E-state index in [0.29, 0.717) is 5.69 Å². The van der Waals surface area contributed by atoms with Gasteiger partial charge < -0.3 is 4.42 Å². The van der Waals surface area contributed by atoms with Crippen molar-refractivity contribution in [2.24, 2.45) is 0 Å². The van der Waals surface area contributed by atoms with E-state index in [9.17, 15) is 0 Å². The zero-order valence-corrected chi connectivity index (χ0v) is 7.77. The van der Waals surface area contributed by atoms with Gasteiger partial charge in [0.1, 0.15) is 17.3 Å². The van der Waals surface area contributed by atoms with Crippen molar-refractivity contribution in [3.63, 3.8) is 0 Å². The summed E-state index contributed by atoms with van der Waals surface area (Å²) in [4.78, 5) is 4.23. The van der Waals surface area contributed by atoms with Crippen molar-refractivity contribution < 1.29 is 4.42 Å². The van der Waals surface area contributed by atoms with Gasteiger partial charge >= 0.3 is 0 Å². The first-order valence-corrected chi connectivity index (χ1v) is 4.56. The molecular weight excluding hydrogens is 188 g/mol. The third kappa shape index (κ3) is 1.02. The highest BCUT2D eigenvalue weighted by atomic mass is 16.3. The van der Waals surface area contributed by atoms with Gasteiger partial charge in [0.25, 0.3) is 0 Å². The van der Waals surface area contributed by atoms with E-state index in [4.69, 9.17) is 9.68 Å². The highest BCUT2D eigenvalue weighted by Crippen LogP contribution is 2.26. The van der Waals surface area contributed by atoms with Crippen LogP contribution in [0.5, 0.6) is 0 Å². The predicted molar refractivity (Wildman–Crippen MR) is 56.2 cm³/mol. The number of rotatable bonds is 0. The van der Waals surface area contributed by atoms with Crippen molar-refractivity contribution in [3.8, 4) is 6.07 Å². The highest BCUT2D eigenvalue weighted by Gasteiger charge is 2.08. The van der Waals surface area contributed by atoms with Gasteiger partial charge in [-0.1, -0.05) is 24.3 Å². The monoisotopic (exact) mass is 194 g/mol. The van der Waals surface area contributed by atoms with Crippen LogP contribution in [0.15, 0.2) is 41.0 Å². The lowest BCUT2D eigenvalue weighted by Gasteiger charge is -1.99. The molecule has 0 amide bonds. The summed E-state index contributed by atoms with van der Waals surface area (Å²) < 4.78 is 5.36. The third-order valence-corrected chi connectivity index (χ3v) is 2.41. The van der Waals surface area contributed by atoms with Gasteiger partial charge in [-0.2, -0.15) is 5.26 Å². The molecule has 0 aliphatic heterocycles. The van der Waals surface area contributed by atoms with Gasteiger partial charge in [-0.15, -0.1) is 0 Å². The Morgan fingerprint density at radius 1 is 1.13 bits per heavy atom. The lowest BCUT2D eigenvalue weighted by molar-refractivity contribution is 0.619. The minimum absolute atomic E-state index is 0.444. The van der Waals surface area contributed by atoms with Crippen LogP contribution in [0.1, 0.15) is 5.69 Å². The van der Waals surface area contributed by atoms with E-state index in [1.807, 2.05) is 24.3 Å². The van der Waals surface area contributed by atoms with E-state index in [1.54, 1.807) is 12.3 Å². The second kappa shape index (κ2) is 2.82. The standard InChI is InChI=1S/C12H6N2O/c13-7-11-8-3-1-2-4-9(8)12-10(14-11)5-6-15-12/h1-6H. The number of nitriles is 1. The molecule has 0 atom stereocenters. The van der Waals surface area contributed by atoms with Crippen LogP contribution < -0.4 is 0 Å². The fraction of sp³-hybridized carbons (Fsp3) is 0. The molecule has 2 heterocycles. The average molecular weight is 194 g/mol. The molecule has 0 aliphatic carbocycles. The molecule has 1 aromatic carbocycles. The Bertz CT molecular complexity index is 691. The zero-order valence-electron chi connectivity index (χ0n) is 7.77. The van der Waals surface area contributed by atoms with Gasteiger partial charge in [0.15, 0.2) is 5.58 Å². The van der Waals surface area contributed by atoms with E-state index in [2.05, 4.69) is 11.1 Å². The number of nitrogens with zero attached hydrogens (tertiary/aromatic N) is 2. The van der Waals surface area contributed by atoms with Crippen LogP contribution >= 0.6 is 0 Å². The zero-order chi connectivity index (χ0) is 10.3. The quantitative estimate of drug-likeness (QED) is 0.552. The van der Waals surface area contributed by atoms with Crippen molar-refractivity contribution >= 4 is 21.9 Å². The summed E-state index contributed by atoms with van der Waals surface area (Å²) in [5, 5.41) is 10.8. The molecule has 3 aromatic rings. The van der Waals surface area contributed by atoms with Crippen LogP contribution in [-0.2, 0) is 0 Å². The number of aromatic nitrogens is 1. The van der Waals surface area contributed by atoms with Gasteiger partial charge in [-0.05, 0) is 0 Å². The van der Waals surface area contributed by atoms with Crippen LogP contribution in [0.3, 0.4) is 0 Å². The number of hydrogen-bond donors (Lipinski definition) is 0. The largest absolute Gasteiger partial charge is 0.462 e. The molecule has 0 radical (unpaired) electrons. The fourth-order valence-corrected chi connectivity index (χ4v) is 1.75. The van der Waals surface area contributed by atoms with Crippen molar-refractivity contribution in [3.05, 3.63) is 42.3 Å². The van der Waals surface area contributed by atoms with Gasteiger partial charge in [0, 0.05) is 16.8 Å². The predicted octanol–water partition coefficient (Wildman–Crippen LogP) is 2.85. The molecule has 0 saturated carbocycles. The molecule has 3 heteroatoms. The van der Waals surface area contributed by atoms with Gasteiger partial charge in [-0.25, -0.2) is 4.98 Å². The second-order valence-electron chi connectivity index (χ2n) is 3.25. The number of fused-ring (bicyclic) bond motifs is 3. The Balaban J connectivity index is 2.66. The molecule has 15 heavy (non-hydrogen) atoms. The van der Waals surface area contributed by atoms with E-state index in [-0.39, 0.29) is 0 Å². The van der Waals surface area contributed by atoms with E-state index in [1.165, 1.54) is 0 Å². The normalized spacial score (nSPS) is 10.6. The summed E-state index contributed by atoms with van der Waals surface area (Å²) in [6.45, 7) is 0. The molecule has 0 saturated heterocycles. The summed E-state index contributed by atoms with van der Waals surface area (Å²) in [5.41, 5.74) is 1.91. The topological polar surface area (TPSA) is 49.8 Å². The molecule has 0 N–H and O–H groups in total. The summed E-state index contributed by atoms with van der Waals surface area (Å²) in [6.07, 6.45) is 1.59. The van der Waals surface area contributed by atoms with Crippen molar-refractivity contribution in [2.75, 3.05) is 0 Å². The molecule has 3 rings (SSSR count). The Hall–Kier alpha value is -2.34. The highest BCUT2D eigenvalue weighted by molar-refractivity contribution is 6.04. The van der Waals surface area contributed by atoms with Crippen molar-refractivity contribution in [2.45, 2.75) is 0 Å². The molecule has 2 aromatic heterocycles. The number of hydrogen-bond acceptors (Lipinski definition) is 3. The number of pyridine rings is 1. The lowest BCUT2D eigenvalue weighted by atomic mass is 10.1. The average Bonchev–Trinajstić information content (AvgIpc) is 2.76. The summed E-state index contributed by atoms with van der Waals surface area (Å²) in [6, 6.07) is 11.5. The smallest absolute Gasteiger partial charge is 0.160 e. The summed E-state index contributed by atoms with van der Waals surface area (Å²) in [5.74, 6) is 0. The van der Waals surface area contributed by atoms with E-state index < -0.39 is 0 Å². The minimum atomic E-state index is 0.444. The van der Waals surface area contributed by atoms with E-state index >= 15 is 0 Å². The fourth-order valence-electron chi connectivity index (χ4n) is 1.75. The third-order valence-electron chi connectivity index (χ3n) is 2.41. The Morgan fingerprint density at radius 3 is 2.73 bits per heavy atom. The maximum atomic E-state index is 8.99. The molecule has 70 valence electrons. The summed E-state index contributed by atoms with van der Waals surface area (Å²) in [7, 11) is 0. The SMILES string of the molecule is N#Cc1nc2ccoc2c2ccccc12. The molecule has 0 fully saturated rings. The maximum absolute atomic E-state index is 8.99. The molecule has 0 aliphatic rings. The number of benzene rings is 1. The summed E-state index contributed by atoms with van der Waals surface area (Å²) >= 11 is 0. The van der Waals surface area contributed by atoms with Crippen LogP contribution in [0.2, 0.25) is 0 Å². The Kier molecular flexibility index (Phi) is 1.51. The van der Waals surface area contributed by atoms with E-state index in [0.717, 1.165) is 21.9 Å². The minimum Gasteiger partial charge on any atom is -0.462 e. The lowest BCUT2D eigenvalue weighted by Crippen LogP contribution is -1.85. The molecular formula is C12H6N2O. The first-order valence-electron chi connectivity index (χ1n) is 4.56. The van der Waals surface area contributed by atoms with Crippen LogP contribution in [0, 0.1) is 11.3 Å². The first-order chi connectivity index (χ1) is 7.40. The number of furan rings is 1. The van der Waals surface area contributed by atoms with Crippen LogP contribution in [-0.4, -0.2) is 4.98 Å². The van der Waals surface area contributed by atoms with Gasteiger partial charge in [0.05, 0.1) is 6.26 Å². The maximum Gasteiger partial charge on any atom is 0.160 e. The first kappa shape index (κ1) is 8.01. The Morgan fingerprint density at radius 2 is 1.93 bits per heavy atom. The van der Waals surface area contributed by atoms with Gasteiger partial charge in [-0.3, -0.25) is 0 Å².